The van der Waals surface area contributed by atoms with E-state index in [1.54, 1.807) is 18.2 Å². The number of amides is 1. The van der Waals surface area contributed by atoms with Gasteiger partial charge in [-0.25, -0.2) is 4.79 Å². The topological polar surface area (TPSA) is 64.2 Å². The van der Waals surface area contributed by atoms with Crippen LogP contribution in [0.3, 0.4) is 0 Å². The van der Waals surface area contributed by atoms with Crippen molar-refractivity contribution < 1.29 is 9.21 Å². The number of carbonyl (C=O) groups excluding carboxylic acids is 1. The Morgan fingerprint density at radius 2 is 1.95 bits per heavy atom. The van der Waals surface area contributed by atoms with E-state index in [1.165, 1.54) is 4.57 Å². The van der Waals surface area contributed by atoms with Crippen molar-refractivity contribution in [3.05, 3.63) is 34.8 Å². The number of carbonyl (C=O) groups is 1. The summed E-state index contributed by atoms with van der Waals surface area (Å²) in [6, 6.07) is 7.23. The Morgan fingerprint density at radius 1 is 1.23 bits per heavy atom. The van der Waals surface area contributed by atoms with Gasteiger partial charge in [-0.2, -0.15) is 0 Å². The van der Waals surface area contributed by atoms with E-state index in [0.717, 1.165) is 19.3 Å². The molecule has 0 aliphatic rings. The molecule has 1 N–H and O–H groups in total. The summed E-state index contributed by atoms with van der Waals surface area (Å²) in [6.07, 6.45) is 3.20. The van der Waals surface area contributed by atoms with E-state index in [-0.39, 0.29) is 18.5 Å². The molecule has 0 spiro atoms. The minimum Gasteiger partial charge on any atom is -0.408 e. The minimum absolute atomic E-state index is 0.00956. The number of rotatable bonds is 7. The van der Waals surface area contributed by atoms with Crippen LogP contribution in [-0.4, -0.2) is 16.5 Å². The summed E-state index contributed by atoms with van der Waals surface area (Å²) in [5.41, 5.74) is 1.15. The van der Waals surface area contributed by atoms with Crippen LogP contribution >= 0.6 is 0 Å². The van der Waals surface area contributed by atoms with Gasteiger partial charge >= 0.3 is 5.76 Å². The molecule has 0 saturated carbocycles. The number of oxazole rings is 1. The van der Waals surface area contributed by atoms with Gasteiger partial charge in [-0.15, -0.1) is 0 Å². The quantitative estimate of drug-likeness (QED) is 0.855. The van der Waals surface area contributed by atoms with Crippen LogP contribution in [0.4, 0.5) is 0 Å². The Labute approximate surface area is 130 Å². The van der Waals surface area contributed by atoms with Crippen molar-refractivity contribution in [2.75, 3.05) is 0 Å². The van der Waals surface area contributed by atoms with Gasteiger partial charge in [0.15, 0.2) is 5.58 Å². The Bertz CT molecular complexity index is 685. The molecule has 0 saturated heterocycles. The van der Waals surface area contributed by atoms with Gasteiger partial charge in [0.1, 0.15) is 6.54 Å². The highest BCUT2D eigenvalue weighted by Crippen LogP contribution is 2.12. The van der Waals surface area contributed by atoms with Gasteiger partial charge in [-0.3, -0.25) is 9.36 Å². The molecule has 1 amide bonds. The summed E-state index contributed by atoms with van der Waals surface area (Å²) in [4.78, 5) is 23.9. The highest BCUT2D eigenvalue weighted by Gasteiger charge is 2.13. The highest BCUT2D eigenvalue weighted by molar-refractivity contribution is 5.79. The first kappa shape index (κ1) is 16.3. The maximum Gasteiger partial charge on any atom is 0.420 e. The van der Waals surface area contributed by atoms with Gasteiger partial charge in [-0.05, 0) is 31.4 Å². The first-order chi connectivity index (χ1) is 10.5. The molecule has 120 valence electrons. The zero-order chi connectivity index (χ0) is 16.1. The Balaban J connectivity index is 1.94. The largest absolute Gasteiger partial charge is 0.420 e. The summed E-state index contributed by atoms with van der Waals surface area (Å²) in [7, 11) is 0. The van der Waals surface area contributed by atoms with Gasteiger partial charge in [0.25, 0.3) is 0 Å². The predicted octanol–water partition coefficient (Wildman–Crippen LogP) is 2.93. The second-order valence-corrected chi connectivity index (χ2v) is 6.22. The maximum atomic E-state index is 12.1. The van der Waals surface area contributed by atoms with Gasteiger partial charge in [0.2, 0.25) is 5.91 Å². The second-order valence-electron chi connectivity index (χ2n) is 6.22. The van der Waals surface area contributed by atoms with E-state index in [0.29, 0.717) is 17.0 Å². The first-order valence-electron chi connectivity index (χ1n) is 7.85. The number of fused-ring (bicyclic) bond motifs is 1. The lowest BCUT2D eigenvalue weighted by Gasteiger charge is -2.14. The zero-order valence-electron chi connectivity index (χ0n) is 13.5. The molecule has 0 radical (unpaired) electrons. The van der Waals surface area contributed by atoms with E-state index in [4.69, 9.17) is 4.42 Å². The summed E-state index contributed by atoms with van der Waals surface area (Å²) in [6.45, 7) is 6.37. The number of para-hydroxylation sites is 2. The van der Waals surface area contributed by atoms with Gasteiger partial charge in [-0.1, -0.05) is 38.8 Å². The summed E-state index contributed by atoms with van der Waals surface area (Å²) >= 11 is 0. The van der Waals surface area contributed by atoms with Gasteiger partial charge in [0.05, 0.1) is 5.52 Å². The lowest BCUT2D eigenvalue weighted by atomic mass is 10.0. The monoisotopic (exact) mass is 304 g/mol. The molecule has 0 aliphatic carbocycles. The summed E-state index contributed by atoms with van der Waals surface area (Å²) in [5.74, 6) is 0.0216. The Hall–Kier alpha value is -2.04. The number of nitrogens with zero attached hydrogens (tertiary/aromatic N) is 1. The number of aromatic nitrogens is 1. The van der Waals surface area contributed by atoms with E-state index in [1.807, 2.05) is 13.0 Å². The standard InChI is InChI=1S/C17H24N2O3/c1-12(2)7-6-8-13(3)18-16(20)11-19-14-9-4-5-10-15(14)22-17(19)21/h4-5,9-10,12-13H,6-8,11H2,1-3H3,(H,18,20). The van der Waals surface area contributed by atoms with E-state index in [9.17, 15) is 9.59 Å². The molecule has 2 rings (SSSR count). The van der Waals surface area contributed by atoms with Gasteiger partial charge in [0, 0.05) is 6.04 Å². The highest BCUT2D eigenvalue weighted by atomic mass is 16.4. The SMILES string of the molecule is CC(C)CCCC(C)NC(=O)Cn1c(=O)oc2ccccc21. The fraction of sp³-hybridized carbons (Fsp3) is 0.529. The van der Waals surface area contributed by atoms with Crippen LogP contribution in [-0.2, 0) is 11.3 Å². The van der Waals surface area contributed by atoms with Crippen LogP contribution in [0.2, 0.25) is 0 Å². The van der Waals surface area contributed by atoms with Crippen molar-refractivity contribution in [3.63, 3.8) is 0 Å². The lowest BCUT2D eigenvalue weighted by Crippen LogP contribution is -2.36. The van der Waals surface area contributed by atoms with Crippen molar-refractivity contribution >= 4 is 17.0 Å². The molecule has 1 unspecified atom stereocenters. The molecule has 1 atom stereocenters. The van der Waals surface area contributed by atoms with Crippen LogP contribution in [0.5, 0.6) is 0 Å². The van der Waals surface area contributed by atoms with E-state index in [2.05, 4.69) is 19.2 Å². The Morgan fingerprint density at radius 3 is 2.68 bits per heavy atom. The number of benzene rings is 1. The van der Waals surface area contributed by atoms with Crippen LogP contribution in [0.15, 0.2) is 33.5 Å². The van der Waals surface area contributed by atoms with Crippen LogP contribution in [0, 0.1) is 5.92 Å². The van der Waals surface area contributed by atoms with Crippen LogP contribution < -0.4 is 11.1 Å². The molecular formula is C17H24N2O3. The average Bonchev–Trinajstić information content (AvgIpc) is 2.74. The van der Waals surface area contributed by atoms with E-state index >= 15 is 0 Å². The minimum atomic E-state index is -0.496. The maximum absolute atomic E-state index is 12.1. The summed E-state index contributed by atoms with van der Waals surface area (Å²) in [5, 5.41) is 2.94. The third-order valence-corrected chi connectivity index (χ3v) is 3.70. The van der Waals surface area contributed by atoms with Crippen molar-refractivity contribution in [2.45, 2.75) is 52.6 Å². The molecule has 2 aromatic rings. The predicted molar refractivity (Wildman–Crippen MR) is 86.8 cm³/mol. The fourth-order valence-corrected chi connectivity index (χ4v) is 2.53. The van der Waals surface area contributed by atoms with Gasteiger partial charge < -0.3 is 9.73 Å². The molecule has 5 nitrogen and oxygen atoms in total. The normalized spacial score (nSPS) is 12.7. The molecule has 1 heterocycles. The van der Waals surface area contributed by atoms with Crippen LogP contribution in [0.1, 0.15) is 40.0 Å². The first-order valence-corrected chi connectivity index (χ1v) is 7.85. The van der Waals surface area contributed by atoms with Crippen molar-refractivity contribution in [1.82, 2.24) is 9.88 Å². The third-order valence-electron chi connectivity index (χ3n) is 3.70. The molecule has 0 fully saturated rings. The second kappa shape index (κ2) is 7.29. The fourth-order valence-electron chi connectivity index (χ4n) is 2.53. The lowest BCUT2D eigenvalue weighted by molar-refractivity contribution is -0.122. The molecule has 5 heteroatoms. The number of hydrogen-bond acceptors (Lipinski definition) is 3. The molecule has 1 aromatic carbocycles. The molecule has 22 heavy (non-hydrogen) atoms. The molecular weight excluding hydrogens is 280 g/mol. The van der Waals surface area contributed by atoms with Crippen LogP contribution in [0.25, 0.3) is 11.1 Å². The summed E-state index contributed by atoms with van der Waals surface area (Å²) < 4.78 is 6.49. The molecule has 0 bridgehead atoms. The molecule has 0 aliphatic heterocycles. The van der Waals surface area contributed by atoms with Crippen molar-refractivity contribution in [3.8, 4) is 0 Å². The molecule has 1 aromatic heterocycles. The third kappa shape index (κ3) is 4.23. The smallest absolute Gasteiger partial charge is 0.408 e. The zero-order valence-corrected chi connectivity index (χ0v) is 13.5. The average molecular weight is 304 g/mol. The van der Waals surface area contributed by atoms with E-state index < -0.39 is 5.76 Å². The Kier molecular flexibility index (Phi) is 5.41. The number of hydrogen-bond donors (Lipinski definition) is 1. The van der Waals surface area contributed by atoms with Crippen molar-refractivity contribution in [2.24, 2.45) is 5.92 Å². The van der Waals surface area contributed by atoms with Crippen molar-refractivity contribution in [1.29, 1.82) is 0 Å². The number of nitrogens with one attached hydrogen (secondary N) is 1.